The van der Waals surface area contributed by atoms with Crippen molar-refractivity contribution in [2.75, 3.05) is 18.4 Å². The summed E-state index contributed by atoms with van der Waals surface area (Å²) < 4.78 is 0. The number of hydrogen-bond donors (Lipinski definition) is 3. The van der Waals surface area contributed by atoms with Crippen LogP contribution in [0.5, 0.6) is 5.75 Å². The van der Waals surface area contributed by atoms with Gasteiger partial charge in [-0.3, -0.25) is 4.79 Å². The van der Waals surface area contributed by atoms with Gasteiger partial charge in [-0.15, -0.1) is 0 Å². The number of phenolic OH excluding ortho intramolecular Hbond substituents is 1. The molecule has 1 saturated heterocycles. The lowest BCUT2D eigenvalue weighted by atomic mass is 9.82. The molecule has 0 spiro atoms. The maximum atomic E-state index is 12.3. The van der Waals surface area contributed by atoms with Crippen LogP contribution in [0, 0.1) is 12.3 Å². The van der Waals surface area contributed by atoms with Crippen LogP contribution >= 0.6 is 0 Å². The summed E-state index contributed by atoms with van der Waals surface area (Å²) in [6, 6.07) is 5.11. The van der Waals surface area contributed by atoms with E-state index in [0.29, 0.717) is 0 Å². The Bertz CT molecular complexity index is 451. The number of anilines is 1. The molecule has 0 radical (unpaired) electrons. The second-order valence-electron chi connectivity index (χ2n) is 5.30. The molecule has 0 saturated carbocycles. The average molecular weight is 248 g/mol. The molecule has 18 heavy (non-hydrogen) atoms. The van der Waals surface area contributed by atoms with Crippen molar-refractivity contribution in [1.29, 1.82) is 0 Å². The topological polar surface area (TPSA) is 61.4 Å². The SMILES string of the molecule is Cc1cc(NC(=O)C2(C)CCCNC2)ccc1O. The van der Waals surface area contributed by atoms with Gasteiger partial charge >= 0.3 is 0 Å². The number of benzene rings is 1. The third-order valence-electron chi connectivity index (χ3n) is 3.60. The van der Waals surface area contributed by atoms with Gasteiger partial charge in [0.1, 0.15) is 5.75 Å². The highest BCUT2D eigenvalue weighted by molar-refractivity contribution is 5.95. The van der Waals surface area contributed by atoms with Crippen molar-refractivity contribution in [3.8, 4) is 5.75 Å². The zero-order valence-electron chi connectivity index (χ0n) is 10.9. The van der Waals surface area contributed by atoms with Gasteiger partial charge < -0.3 is 15.7 Å². The van der Waals surface area contributed by atoms with Crippen LogP contribution in [0.1, 0.15) is 25.3 Å². The van der Waals surface area contributed by atoms with Crippen molar-refractivity contribution in [3.63, 3.8) is 0 Å². The standard InChI is InChI=1S/C14H20N2O2/c1-10-8-11(4-5-12(10)17)16-13(18)14(2)6-3-7-15-9-14/h4-5,8,15,17H,3,6-7,9H2,1-2H3,(H,16,18). The lowest BCUT2D eigenvalue weighted by Gasteiger charge is -2.32. The molecule has 1 fully saturated rings. The number of phenols is 1. The molecule has 1 aromatic carbocycles. The van der Waals surface area contributed by atoms with Gasteiger partial charge in [-0.2, -0.15) is 0 Å². The maximum Gasteiger partial charge on any atom is 0.231 e. The van der Waals surface area contributed by atoms with Gasteiger partial charge in [0.2, 0.25) is 5.91 Å². The molecule has 4 heteroatoms. The van der Waals surface area contributed by atoms with Gasteiger partial charge in [0.25, 0.3) is 0 Å². The summed E-state index contributed by atoms with van der Waals surface area (Å²) in [4.78, 5) is 12.3. The lowest BCUT2D eigenvalue weighted by molar-refractivity contribution is -0.125. The van der Waals surface area contributed by atoms with E-state index in [9.17, 15) is 9.90 Å². The fraction of sp³-hybridized carbons (Fsp3) is 0.500. The highest BCUT2D eigenvalue weighted by Gasteiger charge is 2.34. The summed E-state index contributed by atoms with van der Waals surface area (Å²) in [5.74, 6) is 0.290. The van der Waals surface area contributed by atoms with Gasteiger partial charge in [0, 0.05) is 12.2 Å². The highest BCUT2D eigenvalue weighted by atomic mass is 16.3. The number of carbonyl (C=O) groups excluding carboxylic acids is 1. The second-order valence-corrected chi connectivity index (χ2v) is 5.30. The Hall–Kier alpha value is -1.55. The van der Waals surface area contributed by atoms with E-state index >= 15 is 0 Å². The van der Waals surface area contributed by atoms with Gasteiger partial charge in [0.05, 0.1) is 5.41 Å². The molecule has 1 amide bonds. The molecule has 1 aromatic rings. The fourth-order valence-corrected chi connectivity index (χ4v) is 2.27. The molecule has 1 aliphatic heterocycles. The Kier molecular flexibility index (Phi) is 3.57. The predicted molar refractivity (Wildman–Crippen MR) is 71.7 cm³/mol. The normalized spacial score (nSPS) is 23.7. The maximum absolute atomic E-state index is 12.3. The molecular formula is C14H20N2O2. The number of nitrogens with one attached hydrogen (secondary N) is 2. The van der Waals surface area contributed by atoms with E-state index < -0.39 is 0 Å². The van der Waals surface area contributed by atoms with E-state index in [4.69, 9.17) is 0 Å². The number of piperidine rings is 1. The van der Waals surface area contributed by atoms with Crippen molar-refractivity contribution in [1.82, 2.24) is 5.32 Å². The van der Waals surface area contributed by atoms with Crippen molar-refractivity contribution in [2.24, 2.45) is 5.41 Å². The van der Waals surface area contributed by atoms with Crippen molar-refractivity contribution in [2.45, 2.75) is 26.7 Å². The zero-order chi connectivity index (χ0) is 13.2. The van der Waals surface area contributed by atoms with Gasteiger partial charge in [0.15, 0.2) is 0 Å². The van der Waals surface area contributed by atoms with Crippen LogP contribution in [0.3, 0.4) is 0 Å². The summed E-state index contributed by atoms with van der Waals surface area (Å²) in [7, 11) is 0. The molecule has 3 N–H and O–H groups in total. The van der Waals surface area contributed by atoms with Crippen molar-refractivity contribution >= 4 is 11.6 Å². The Morgan fingerprint density at radius 1 is 1.50 bits per heavy atom. The van der Waals surface area contributed by atoms with Crippen LogP contribution in [0.25, 0.3) is 0 Å². The monoisotopic (exact) mass is 248 g/mol. The molecule has 2 rings (SSSR count). The summed E-state index contributed by atoms with van der Waals surface area (Å²) in [6.45, 7) is 5.51. The first-order valence-corrected chi connectivity index (χ1v) is 6.33. The molecule has 98 valence electrons. The third-order valence-corrected chi connectivity index (χ3v) is 3.60. The predicted octanol–water partition coefficient (Wildman–Crippen LogP) is 2.03. The van der Waals surface area contributed by atoms with Gasteiger partial charge in [-0.1, -0.05) is 0 Å². The lowest BCUT2D eigenvalue weighted by Crippen LogP contribution is -2.46. The van der Waals surface area contributed by atoms with E-state index in [1.807, 2.05) is 13.8 Å². The number of aromatic hydroxyl groups is 1. The van der Waals surface area contributed by atoms with Gasteiger partial charge in [-0.25, -0.2) is 0 Å². The largest absolute Gasteiger partial charge is 0.508 e. The third kappa shape index (κ3) is 2.64. The first-order valence-electron chi connectivity index (χ1n) is 6.33. The van der Waals surface area contributed by atoms with Crippen LogP contribution in [-0.4, -0.2) is 24.1 Å². The quantitative estimate of drug-likeness (QED) is 0.702. The molecular weight excluding hydrogens is 228 g/mol. The first-order chi connectivity index (χ1) is 8.51. The minimum absolute atomic E-state index is 0.0415. The number of aryl methyl sites for hydroxylation is 1. The van der Waals surface area contributed by atoms with Gasteiger partial charge in [-0.05, 0) is 57.0 Å². The highest BCUT2D eigenvalue weighted by Crippen LogP contribution is 2.28. The Morgan fingerprint density at radius 2 is 2.28 bits per heavy atom. The average Bonchev–Trinajstić information content (AvgIpc) is 2.35. The van der Waals surface area contributed by atoms with Crippen molar-refractivity contribution in [3.05, 3.63) is 23.8 Å². The molecule has 4 nitrogen and oxygen atoms in total. The van der Waals surface area contributed by atoms with Crippen LogP contribution in [0.15, 0.2) is 18.2 Å². The minimum atomic E-state index is -0.343. The first kappa shape index (κ1) is 12.9. The second kappa shape index (κ2) is 4.98. The van der Waals surface area contributed by atoms with E-state index in [1.165, 1.54) is 0 Å². The molecule has 0 bridgehead atoms. The van der Waals surface area contributed by atoms with E-state index in [2.05, 4.69) is 10.6 Å². The van der Waals surface area contributed by atoms with E-state index in [1.54, 1.807) is 18.2 Å². The fourth-order valence-electron chi connectivity index (χ4n) is 2.27. The zero-order valence-corrected chi connectivity index (χ0v) is 10.9. The van der Waals surface area contributed by atoms with Crippen LogP contribution in [-0.2, 0) is 4.79 Å². The number of amides is 1. The summed E-state index contributed by atoms with van der Waals surface area (Å²) in [5.41, 5.74) is 1.16. The minimum Gasteiger partial charge on any atom is -0.508 e. The summed E-state index contributed by atoms with van der Waals surface area (Å²) in [6.07, 6.45) is 1.93. The smallest absolute Gasteiger partial charge is 0.231 e. The van der Waals surface area contributed by atoms with E-state index in [0.717, 1.165) is 37.2 Å². The van der Waals surface area contributed by atoms with Crippen molar-refractivity contribution < 1.29 is 9.90 Å². The number of carbonyl (C=O) groups is 1. The molecule has 1 unspecified atom stereocenters. The molecule has 1 atom stereocenters. The molecule has 1 aliphatic rings. The van der Waals surface area contributed by atoms with Crippen LogP contribution in [0.4, 0.5) is 5.69 Å². The summed E-state index contributed by atoms with van der Waals surface area (Å²) >= 11 is 0. The Morgan fingerprint density at radius 3 is 2.89 bits per heavy atom. The Labute approximate surface area is 107 Å². The molecule has 1 heterocycles. The Balaban J connectivity index is 2.08. The van der Waals surface area contributed by atoms with E-state index in [-0.39, 0.29) is 17.1 Å². The van der Waals surface area contributed by atoms with Crippen LogP contribution < -0.4 is 10.6 Å². The van der Waals surface area contributed by atoms with Crippen LogP contribution in [0.2, 0.25) is 0 Å². The number of hydrogen-bond acceptors (Lipinski definition) is 3. The molecule has 0 aliphatic carbocycles. The number of rotatable bonds is 2. The molecule has 0 aromatic heterocycles. The summed E-state index contributed by atoms with van der Waals surface area (Å²) in [5, 5.41) is 15.6.